The smallest absolute Gasteiger partial charge is 0.404 e. The molecule has 4 rings (SSSR count). The van der Waals surface area contributed by atoms with E-state index in [9.17, 15) is 18.0 Å². The highest BCUT2D eigenvalue weighted by molar-refractivity contribution is 7.91. The predicted molar refractivity (Wildman–Crippen MR) is 157 cm³/mol. The molecule has 9 nitrogen and oxygen atoms in total. The molecule has 0 radical (unpaired) electrons. The van der Waals surface area contributed by atoms with Crippen LogP contribution in [0.3, 0.4) is 0 Å². The van der Waals surface area contributed by atoms with E-state index in [0.717, 1.165) is 10.1 Å². The monoisotopic (exact) mass is 602 g/mol. The van der Waals surface area contributed by atoms with Crippen LogP contribution in [0.1, 0.15) is 29.1 Å². The molecule has 0 fully saturated rings. The van der Waals surface area contributed by atoms with E-state index in [1.165, 1.54) is 17.6 Å². The molecule has 0 aliphatic heterocycles. The fourth-order valence-corrected chi connectivity index (χ4v) is 5.31. The molecule has 0 saturated carbocycles. The van der Waals surface area contributed by atoms with Crippen LogP contribution < -0.4 is 20.1 Å². The first-order valence-corrected chi connectivity index (χ1v) is 15.1. The summed E-state index contributed by atoms with van der Waals surface area (Å²) in [5.41, 5.74) is 1.03. The lowest BCUT2D eigenvalue weighted by molar-refractivity contribution is 0.103. The topological polar surface area (TPSA) is 131 Å². The fourth-order valence-electron chi connectivity index (χ4n) is 3.69. The van der Waals surface area contributed by atoms with Crippen molar-refractivity contribution in [1.29, 1.82) is 0 Å². The van der Waals surface area contributed by atoms with E-state index in [4.69, 9.17) is 26.2 Å². The van der Waals surface area contributed by atoms with E-state index in [2.05, 4.69) is 10.6 Å². The first kappa shape index (κ1) is 29.2. The molecule has 0 unspecified atom stereocenters. The zero-order valence-electron chi connectivity index (χ0n) is 21.9. The van der Waals surface area contributed by atoms with Crippen LogP contribution in [0, 0.1) is 0 Å². The average Bonchev–Trinajstić information content (AvgIpc) is 3.31. The van der Waals surface area contributed by atoms with Crippen LogP contribution in [0.4, 0.5) is 10.5 Å². The van der Waals surface area contributed by atoms with Crippen molar-refractivity contribution in [3.63, 3.8) is 0 Å². The van der Waals surface area contributed by atoms with Crippen molar-refractivity contribution in [3.05, 3.63) is 82.2 Å². The van der Waals surface area contributed by atoms with Gasteiger partial charge in [0.2, 0.25) is 0 Å². The van der Waals surface area contributed by atoms with Gasteiger partial charge in [-0.1, -0.05) is 17.7 Å². The molecule has 12 heteroatoms. The van der Waals surface area contributed by atoms with E-state index in [0.29, 0.717) is 38.4 Å². The number of fused-ring (bicyclic) bond motifs is 1. The molecule has 0 spiro atoms. The maximum Gasteiger partial charge on any atom is 0.404 e. The summed E-state index contributed by atoms with van der Waals surface area (Å²) in [5, 5.41) is 15.2. The van der Waals surface area contributed by atoms with Gasteiger partial charge in [-0.3, -0.25) is 4.79 Å². The number of rotatable bonds is 10. The van der Waals surface area contributed by atoms with Crippen molar-refractivity contribution in [2.45, 2.75) is 18.6 Å². The summed E-state index contributed by atoms with van der Waals surface area (Å²) < 4.78 is 35.9. The van der Waals surface area contributed by atoms with Crippen LogP contribution in [-0.4, -0.2) is 44.9 Å². The number of thiophene rings is 1. The highest BCUT2D eigenvalue weighted by atomic mass is 35.5. The van der Waals surface area contributed by atoms with Gasteiger partial charge in [0.25, 0.3) is 5.91 Å². The van der Waals surface area contributed by atoms with Crippen LogP contribution >= 0.6 is 22.9 Å². The number of sulfone groups is 1. The lowest BCUT2D eigenvalue weighted by Crippen LogP contribution is -2.27. The van der Waals surface area contributed by atoms with Crippen LogP contribution in [0.15, 0.2) is 66.7 Å². The average molecular weight is 603 g/mol. The van der Waals surface area contributed by atoms with Crippen molar-refractivity contribution in [1.82, 2.24) is 5.32 Å². The molecule has 0 bridgehead atoms. The Labute approximate surface area is 240 Å². The Balaban J connectivity index is 1.58. The molecule has 0 saturated heterocycles. The fraction of sp³-hybridized carbons (Fsp3) is 0.214. The number of hydrogen-bond donors (Lipinski definition) is 3. The molecule has 4 aromatic rings. The highest BCUT2D eigenvalue weighted by Crippen LogP contribution is 2.35. The highest BCUT2D eigenvalue weighted by Gasteiger charge is 2.32. The van der Waals surface area contributed by atoms with Crippen molar-refractivity contribution in [2.24, 2.45) is 0 Å². The maximum atomic E-state index is 13.2. The number of benzene rings is 3. The Bertz CT molecular complexity index is 1670. The second-order valence-corrected chi connectivity index (χ2v) is 13.5. The third-order valence-electron chi connectivity index (χ3n) is 6.20. The van der Waals surface area contributed by atoms with E-state index in [1.54, 1.807) is 74.5 Å². The Kier molecular flexibility index (Phi) is 8.57. The van der Waals surface area contributed by atoms with Gasteiger partial charge in [-0.05, 0) is 67.3 Å². The normalized spacial score (nSPS) is 11.7. The first-order chi connectivity index (χ1) is 18.8. The van der Waals surface area contributed by atoms with Gasteiger partial charge in [-0.15, -0.1) is 11.3 Å². The Morgan fingerprint density at radius 3 is 2.35 bits per heavy atom. The Morgan fingerprint density at radius 1 is 0.975 bits per heavy atom. The molecule has 210 valence electrons. The summed E-state index contributed by atoms with van der Waals surface area (Å²) >= 11 is 7.24. The van der Waals surface area contributed by atoms with Crippen LogP contribution in [0.5, 0.6) is 17.2 Å². The quantitative estimate of drug-likeness (QED) is 0.176. The molecule has 1 heterocycles. The summed E-state index contributed by atoms with van der Waals surface area (Å²) in [6.45, 7) is 3.44. The van der Waals surface area contributed by atoms with Crippen LogP contribution in [0.25, 0.3) is 10.1 Å². The zero-order valence-corrected chi connectivity index (χ0v) is 24.2. The minimum Gasteiger partial charge on any atom is -0.492 e. The molecular formula is C28H27ClN2O7S2. The van der Waals surface area contributed by atoms with Crippen molar-refractivity contribution in [2.75, 3.05) is 24.7 Å². The zero-order chi connectivity index (χ0) is 29.1. The molecule has 0 aliphatic rings. The molecule has 3 aromatic carbocycles. The molecule has 3 N–H and O–H groups in total. The van der Waals surface area contributed by atoms with Gasteiger partial charge in [0.1, 0.15) is 23.9 Å². The first-order valence-electron chi connectivity index (χ1n) is 12.0. The summed E-state index contributed by atoms with van der Waals surface area (Å²) in [5.74, 6) is 0.888. The third-order valence-corrected chi connectivity index (χ3v) is 9.65. The van der Waals surface area contributed by atoms with E-state index >= 15 is 0 Å². The lowest BCUT2D eigenvalue weighted by Gasteiger charge is -2.23. The molecule has 2 amide bonds. The van der Waals surface area contributed by atoms with Crippen LogP contribution in [-0.2, 0) is 14.6 Å². The Hall–Kier alpha value is -3.80. The maximum absolute atomic E-state index is 13.2. The van der Waals surface area contributed by atoms with Gasteiger partial charge in [0.15, 0.2) is 9.84 Å². The van der Waals surface area contributed by atoms with E-state index in [-0.39, 0.29) is 19.1 Å². The molecular weight excluding hydrogens is 576 g/mol. The van der Waals surface area contributed by atoms with Crippen molar-refractivity contribution >= 4 is 60.5 Å². The number of amides is 2. The second-order valence-electron chi connectivity index (χ2n) is 9.43. The number of nitrogens with one attached hydrogen (secondary N) is 2. The van der Waals surface area contributed by atoms with E-state index < -0.39 is 20.7 Å². The summed E-state index contributed by atoms with van der Waals surface area (Å²) in [7, 11) is -3.36. The van der Waals surface area contributed by atoms with E-state index in [1.807, 2.05) is 6.07 Å². The van der Waals surface area contributed by atoms with Gasteiger partial charge in [-0.2, -0.15) is 0 Å². The number of carbonyl (C=O) groups is 2. The number of hydrogen-bond acceptors (Lipinski definition) is 7. The standard InChI is InChI=1S/C28H27ClN2O7S2/c1-28(2,40(3,35)36)18-4-9-24-17(12-18)13-25(39-24)26(32)31-20-14-22(37-11-10-30-27(33)34)16-23(15-20)38-21-7-5-19(29)6-8-21/h4-9,12-16,30H,10-11H2,1-3H3,(H,31,32)(H,33,34). The van der Waals surface area contributed by atoms with Gasteiger partial charge in [-0.25, -0.2) is 13.2 Å². The number of carboxylic acid groups (broad SMARTS) is 1. The second kappa shape index (κ2) is 11.7. The molecule has 0 aliphatic carbocycles. The van der Waals surface area contributed by atoms with Gasteiger partial charge in [0.05, 0.1) is 16.2 Å². The minimum atomic E-state index is -3.36. The number of anilines is 1. The van der Waals surface area contributed by atoms with Gasteiger partial charge in [0, 0.05) is 39.9 Å². The SMILES string of the molecule is CC(C)(c1ccc2sc(C(=O)Nc3cc(OCCNC(=O)O)cc(Oc4ccc(Cl)cc4)c3)cc2c1)S(C)(=O)=O. The van der Waals surface area contributed by atoms with Gasteiger partial charge >= 0.3 is 6.09 Å². The molecule has 0 atom stereocenters. The Morgan fingerprint density at radius 2 is 1.68 bits per heavy atom. The number of ether oxygens (including phenoxy) is 2. The van der Waals surface area contributed by atoms with Crippen molar-refractivity contribution in [3.8, 4) is 17.2 Å². The van der Waals surface area contributed by atoms with Crippen LogP contribution in [0.2, 0.25) is 5.02 Å². The minimum absolute atomic E-state index is 0.0621. The van der Waals surface area contributed by atoms with Crippen molar-refractivity contribution < 1.29 is 32.6 Å². The summed E-state index contributed by atoms with van der Waals surface area (Å²) in [6.07, 6.45) is 0.0430. The molecule has 1 aromatic heterocycles. The largest absolute Gasteiger partial charge is 0.492 e. The molecule has 40 heavy (non-hydrogen) atoms. The number of halogens is 1. The summed E-state index contributed by atoms with van der Waals surface area (Å²) in [6, 6.07) is 18.7. The summed E-state index contributed by atoms with van der Waals surface area (Å²) in [4.78, 5) is 24.4. The number of carbonyl (C=O) groups excluding carboxylic acids is 1. The lowest BCUT2D eigenvalue weighted by atomic mass is 10.0. The predicted octanol–water partition coefficient (Wildman–Crippen LogP) is 6.53. The van der Waals surface area contributed by atoms with Gasteiger partial charge < -0.3 is 25.2 Å². The third kappa shape index (κ3) is 7.04.